The predicted octanol–water partition coefficient (Wildman–Crippen LogP) is 4.06. The van der Waals surface area contributed by atoms with Crippen molar-refractivity contribution in [3.8, 4) is 5.75 Å². The number of carbonyl (C=O) groups is 1. The van der Waals surface area contributed by atoms with Crippen molar-refractivity contribution in [3.05, 3.63) is 58.9 Å². The average Bonchev–Trinajstić information content (AvgIpc) is 2.78. The van der Waals surface area contributed by atoms with Gasteiger partial charge in [-0.3, -0.25) is 14.7 Å². The number of likely N-dealkylation sites (tertiary alicyclic amines) is 1. The lowest BCUT2D eigenvalue weighted by molar-refractivity contribution is -0.120. The summed E-state index contributed by atoms with van der Waals surface area (Å²) in [6.07, 6.45) is 8.86. The number of nitrogens with one attached hydrogen (secondary N) is 1. The predicted molar refractivity (Wildman–Crippen MR) is 118 cm³/mol. The zero-order valence-electron chi connectivity index (χ0n) is 18.2. The Labute approximate surface area is 179 Å². The number of methoxy groups -OCH3 is 1. The number of benzene rings is 1. The molecule has 2 aromatic rings. The Balaban J connectivity index is 1.42. The van der Waals surface area contributed by atoms with Gasteiger partial charge in [-0.1, -0.05) is 12.1 Å². The van der Waals surface area contributed by atoms with Crippen LogP contribution in [0.15, 0.2) is 36.5 Å². The highest BCUT2D eigenvalue weighted by molar-refractivity contribution is 5.73. The molecule has 1 fully saturated rings. The third-order valence-electron chi connectivity index (χ3n) is 6.61. The van der Waals surface area contributed by atoms with E-state index in [9.17, 15) is 4.79 Å². The van der Waals surface area contributed by atoms with Crippen LogP contribution >= 0.6 is 0 Å². The Bertz CT molecular complexity index is 860. The Morgan fingerprint density at radius 3 is 2.57 bits per heavy atom. The zero-order valence-corrected chi connectivity index (χ0v) is 18.2. The van der Waals surface area contributed by atoms with Crippen molar-refractivity contribution in [1.82, 2.24) is 15.2 Å². The number of hydrogen-bond acceptors (Lipinski definition) is 4. The molecule has 4 rings (SSSR count). The molecule has 0 saturated carbocycles. The lowest BCUT2D eigenvalue weighted by Gasteiger charge is -2.36. The molecule has 1 amide bonds. The van der Waals surface area contributed by atoms with Crippen LogP contribution in [0.2, 0.25) is 0 Å². The molecular formula is C25H33N3O2. The van der Waals surface area contributed by atoms with E-state index in [0.29, 0.717) is 5.92 Å². The van der Waals surface area contributed by atoms with Gasteiger partial charge >= 0.3 is 0 Å². The zero-order chi connectivity index (χ0) is 20.9. The molecule has 1 atom stereocenters. The molecule has 0 bridgehead atoms. The number of aromatic nitrogens is 1. The van der Waals surface area contributed by atoms with E-state index in [0.717, 1.165) is 43.9 Å². The van der Waals surface area contributed by atoms with Gasteiger partial charge in [-0.15, -0.1) is 0 Å². The molecule has 1 aliphatic carbocycles. The number of carbonyl (C=O) groups excluding carboxylic acids is 1. The van der Waals surface area contributed by atoms with Gasteiger partial charge in [-0.25, -0.2) is 0 Å². The number of aryl methyl sites for hydroxylation is 2. The van der Waals surface area contributed by atoms with Crippen LogP contribution in [-0.4, -0.2) is 36.0 Å². The van der Waals surface area contributed by atoms with Crippen molar-refractivity contribution in [2.24, 2.45) is 5.92 Å². The fourth-order valence-electron chi connectivity index (χ4n) is 5.03. The molecule has 0 radical (unpaired) electrons. The second-order valence-corrected chi connectivity index (χ2v) is 8.69. The highest BCUT2D eigenvalue weighted by Crippen LogP contribution is 2.33. The van der Waals surface area contributed by atoms with E-state index >= 15 is 0 Å². The molecule has 30 heavy (non-hydrogen) atoms. The monoisotopic (exact) mass is 407 g/mol. The molecule has 2 aliphatic rings. The molecule has 5 nitrogen and oxygen atoms in total. The van der Waals surface area contributed by atoms with Gasteiger partial charge in [0.15, 0.2) is 0 Å². The second-order valence-electron chi connectivity index (χ2n) is 8.69. The van der Waals surface area contributed by atoms with Gasteiger partial charge in [0.05, 0.1) is 18.8 Å². The number of piperidine rings is 1. The first kappa shape index (κ1) is 20.9. The van der Waals surface area contributed by atoms with Gasteiger partial charge in [0.1, 0.15) is 5.75 Å². The largest absolute Gasteiger partial charge is 0.496 e. The van der Waals surface area contributed by atoms with E-state index in [1.54, 1.807) is 14.0 Å². The van der Waals surface area contributed by atoms with Crippen molar-refractivity contribution in [2.75, 3.05) is 20.2 Å². The highest BCUT2D eigenvalue weighted by atomic mass is 16.5. The van der Waals surface area contributed by atoms with E-state index in [2.05, 4.69) is 27.3 Å². The summed E-state index contributed by atoms with van der Waals surface area (Å²) >= 11 is 0. The van der Waals surface area contributed by atoms with Crippen LogP contribution in [0.4, 0.5) is 0 Å². The van der Waals surface area contributed by atoms with Crippen LogP contribution in [-0.2, 0) is 24.2 Å². The van der Waals surface area contributed by atoms with Crippen LogP contribution in [0.3, 0.4) is 0 Å². The van der Waals surface area contributed by atoms with Gasteiger partial charge in [0.25, 0.3) is 0 Å². The van der Waals surface area contributed by atoms with E-state index in [4.69, 9.17) is 4.74 Å². The van der Waals surface area contributed by atoms with E-state index < -0.39 is 0 Å². The van der Waals surface area contributed by atoms with Crippen LogP contribution < -0.4 is 10.1 Å². The first-order valence-corrected chi connectivity index (χ1v) is 11.2. The smallest absolute Gasteiger partial charge is 0.217 e. The normalized spacial score (nSPS) is 18.5. The van der Waals surface area contributed by atoms with Gasteiger partial charge < -0.3 is 10.1 Å². The van der Waals surface area contributed by atoms with Gasteiger partial charge in [0, 0.05) is 25.2 Å². The quantitative estimate of drug-likeness (QED) is 0.785. The molecule has 2 heterocycles. The summed E-state index contributed by atoms with van der Waals surface area (Å²) in [4.78, 5) is 18.8. The molecule has 1 aromatic heterocycles. The maximum atomic E-state index is 11.8. The lowest BCUT2D eigenvalue weighted by atomic mass is 9.86. The number of ether oxygens (including phenoxy) is 1. The van der Waals surface area contributed by atoms with Crippen LogP contribution in [0.25, 0.3) is 0 Å². The maximum absolute atomic E-state index is 11.8. The summed E-state index contributed by atoms with van der Waals surface area (Å²) in [5.74, 6) is 1.44. The molecule has 0 spiro atoms. The summed E-state index contributed by atoms with van der Waals surface area (Å²) in [6, 6.07) is 10.6. The van der Waals surface area contributed by atoms with E-state index in [1.807, 2.05) is 24.4 Å². The van der Waals surface area contributed by atoms with Gasteiger partial charge in [-0.2, -0.15) is 0 Å². The summed E-state index contributed by atoms with van der Waals surface area (Å²) in [6.45, 7) is 4.56. The number of hydrogen-bond donors (Lipinski definition) is 1. The van der Waals surface area contributed by atoms with E-state index in [-0.39, 0.29) is 11.9 Å². The first-order chi connectivity index (χ1) is 14.6. The minimum atomic E-state index is -0.0101. The van der Waals surface area contributed by atoms with Crippen molar-refractivity contribution in [2.45, 2.75) is 58.0 Å². The Hall–Kier alpha value is -2.40. The lowest BCUT2D eigenvalue weighted by Crippen LogP contribution is -2.40. The number of pyridine rings is 1. The Morgan fingerprint density at radius 1 is 1.20 bits per heavy atom. The van der Waals surface area contributed by atoms with Crippen molar-refractivity contribution >= 4 is 5.91 Å². The van der Waals surface area contributed by atoms with Crippen LogP contribution in [0.1, 0.15) is 61.0 Å². The van der Waals surface area contributed by atoms with Crippen LogP contribution in [0.5, 0.6) is 5.75 Å². The van der Waals surface area contributed by atoms with Crippen molar-refractivity contribution < 1.29 is 9.53 Å². The van der Waals surface area contributed by atoms with Crippen molar-refractivity contribution in [1.29, 1.82) is 0 Å². The summed E-state index contributed by atoms with van der Waals surface area (Å²) in [5, 5.41) is 3.14. The number of rotatable bonds is 6. The molecule has 5 heteroatoms. The standard InChI is InChI=1S/C25H33N3O2/c1-18(29)27-25(23-9-5-6-12-26-23)19-10-13-28(14-11-19)17-22-15-20-7-3-4-8-21(20)16-24(22)30-2/h5-6,9,12,15-16,19,25H,3-4,7-8,10-11,13-14,17H2,1-2H3,(H,27,29)/t25-/m0/s1. The summed E-state index contributed by atoms with van der Waals surface area (Å²) < 4.78 is 5.73. The summed E-state index contributed by atoms with van der Waals surface area (Å²) in [5.41, 5.74) is 5.24. The molecule has 1 aromatic carbocycles. The SMILES string of the molecule is COc1cc2c(cc1CN1CCC([C@H](NC(C)=O)c3ccccn3)CC1)CCCC2. The highest BCUT2D eigenvalue weighted by Gasteiger charge is 2.29. The minimum Gasteiger partial charge on any atom is -0.496 e. The average molecular weight is 408 g/mol. The van der Waals surface area contributed by atoms with Gasteiger partial charge in [-0.05, 0) is 86.9 Å². The van der Waals surface area contributed by atoms with Gasteiger partial charge in [0.2, 0.25) is 5.91 Å². The first-order valence-electron chi connectivity index (χ1n) is 11.2. The molecule has 1 aliphatic heterocycles. The minimum absolute atomic E-state index is 0.00637. The second kappa shape index (κ2) is 9.61. The number of nitrogens with zero attached hydrogens (tertiary/aromatic N) is 2. The number of fused-ring (bicyclic) bond motifs is 1. The van der Waals surface area contributed by atoms with Crippen molar-refractivity contribution in [3.63, 3.8) is 0 Å². The molecule has 0 unspecified atom stereocenters. The molecule has 1 saturated heterocycles. The van der Waals surface area contributed by atoms with E-state index in [1.165, 1.54) is 42.4 Å². The maximum Gasteiger partial charge on any atom is 0.217 e. The number of amides is 1. The Morgan fingerprint density at radius 2 is 1.93 bits per heavy atom. The van der Waals surface area contributed by atoms with Crippen LogP contribution in [0, 0.1) is 5.92 Å². The molecule has 160 valence electrons. The fraction of sp³-hybridized carbons (Fsp3) is 0.520. The fourth-order valence-corrected chi connectivity index (χ4v) is 5.03. The molecular weight excluding hydrogens is 374 g/mol. The third kappa shape index (κ3) is 4.84. The topological polar surface area (TPSA) is 54.5 Å². The Kier molecular flexibility index (Phi) is 6.68. The third-order valence-corrected chi connectivity index (χ3v) is 6.61. The summed E-state index contributed by atoms with van der Waals surface area (Å²) in [7, 11) is 1.78. The molecule has 1 N–H and O–H groups in total.